The van der Waals surface area contributed by atoms with Crippen LogP contribution in [0.25, 0.3) is 5.69 Å². The Hall–Kier alpha value is -3.16. The van der Waals surface area contributed by atoms with Gasteiger partial charge in [0.15, 0.2) is 0 Å². The van der Waals surface area contributed by atoms with E-state index in [0.29, 0.717) is 11.5 Å². The molecule has 3 rings (SSSR count). The van der Waals surface area contributed by atoms with Gasteiger partial charge in [0.25, 0.3) is 5.69 Å². The van der Waals surface area contributed by atoms with Gasteiger partial charge < -0.3 is 14.0 Å². The Morgan fingerprint density at radius 3 is 2.28 bits per heavy atom. The lowest BCUT2D eigenvalue weighted by molar-refractivity contribution is -0.384. The van der Waals surface area contributed by atoms with Gasteiger partial charge in [-0.2, -0.15) is 0 Å². The number of esters is 2. The third kappa shape index (κ3) is 4.01. The van der Waals surface area contributed by atoms with Gasteiger partial charge in [0.2, 0.25) is 0 Å². The summed E-state index contributed by atoms with van der Waals surface area (Å²) in [5.74, 6) is -0.725. The zero-order valence-electron chi connectivity index (χ0n) is 16.0. The minimum Gasteiger partial charge on any atom is -0.462 e. The van der Waals surface area contributed by atoms with Gasteiger partial charge in [0, 0.05) is 23.7 Å². The van der Waals surface area contributed by atoms with Crippen LogP contribution in [0.15, 0.2) is 30.5 Å². The van der Waals surface area contributed by atoms with Crippen LogP contribution < -0.4 is 0 Å². The van der Waals surface area contributed by atoms with Crippen LogP contribution in [0.2, 0.25) is 0 Å². The van der Waals surface area contributed by atoms with E-state index in [1.54, 1.807) is 45.6 Å². The lowest BCUT2D eigenvalue weighted by Crippen LogP contribution is -2.16. The van der Waals surface area contributed by atoms with Gasteiger partial charge in [-0.25, -0.2) is 9.59 Å². The van der Waals surface area contributed by atoms with Crippen molar-refractivity contribution >= 4 is 17.6 Å². The molecular weight excluding hydrogens is 376 g/mol. The van der Waals surface area contributed by atoms with Crippen LogP contribution in [0.4, 0.5) is 5.69 Å². The fourth-order valence-corrected chi connectivity index (χ4v) is 3.11. The third-order valence-electron chi connectivity index (χ3n) is 4.26. The SMILES string of the molecule is CCOC(=O)c1cn(-c2ccccc2[N+](=O)[O-])c(C(=O)OCC)c1[C]1[CH][CH][CH][CH]1. The van der Waals surface area contributed by atoms with E-state index in [9.17, 15) is 19.7 Å². The predicted octanol–water partition coefficient (Wildman–Crippen LogP) is 3.49. The molecule has 149 valence electrons. The van der Waals surface area contributed by atoms with Crippen LogP contribution >= 0.6 is 0 Å². The first kappa shape index (κ1) is 20.6. The molecule has 1 aliphatic carbocycles. The number of para-hydroxylation sites is 2. The summed E-state index contributed by atoms with van der Waals surface area (Å²) in [7, 11) is 0. The van der Waals surface area contributed by atoms with E-state index in [4.69, 9.17) is 9.47 Å². The summed E-state index contributed by atoms with van der Waals surface area (Å²) < 4.78 is 11.7. The maximum absolute atomic E-state index is 12.9. The van der Waals surface area contributed by atoms with Crippen molar-refractivity contribution in [2.24, 2.45) is 0 Å². The summed E-state index contributed by atoms with van der Waals surface area (Å²) in [5.41, 5.74) is 0.390. The van der Waals surface area contributed by atoms with E-state index < -0.39 is 16.9 Å². The number of nitro groups is 1. The van der Waals surface area contributed by atoms with Crippen molar-refractivity contribution < 1.29 is 24.0 Å². The van der Waals surface area contributed by atoms with Gasteiger partial charge in [-0.1, -0.05) is 12.1 Å². The first-order chi connectivity index (χ1) is 14.0. The van der Waals surface area contributed by atoms with Gasteiger partial charge in [0.05, 0.1) is 23.7 Å². The monoisotopic (exact) mass is 395 g/mol. The molecule has 0 aliphatic heterocycles. The molecule has 0 unspecified atom stereocenters. The molecule has 0 amide bonds. The quantitative estimate of drug-likeness (QED) is 0.404. The number of nitrogens with zero attached hydrogens (tertiary/aromatic N) is 2. The van der Waals surface area contributed by atoms with Crippen molar-refractivity contribution in [3.05, 3.63) is 89.0 Å². The predicted molar refractivity (Wildman–Crippen MR) is 104 cm³/mol. The Balaban J connectivity index is 2.30. The fraction of sp³-hybridized carbons (Fsp3) is 0.190. The highest BCUT2D eigenvalue weighted by molar-refractivity contribution is 6.00. The summed E-state index contributed by atoms with van der Waals surface area (Å²) in [6.45, 7) is 3.58. The molecule has 1 saturated carbocycles. The molecule has 1 heterocycles. The molecule has 1 aliphatic rings. The Labute approximate surface area is 168 Å². The lowest BCUT2D eigenvalue weighted by Gasteiger charge is -2.14. The topological polar surface area (TPSA) is 101 Å². The van der Waals surface area contributed by atoms with Crippen molar-refractivity contribution in [1.29, 1.82) is 0 Å². The summed E-state index contributed by atoms with van der Waals surface area (Å²) in [6.07, 6.45) is 8.40. The highest BCUT2D eigenvalue weighted by Gasteiger charge is 2.35. The van der Waals surface area contributed by atoms with E-state index in [-0.39, 0.29) is 35.8 Å². The standard InChI is InChI=1S/C21H19N2O6/c1-3-28-20(24)15-13-22(16-11-7-8-12-17(16)23(26)27)19(21(25)29-4-2)18(15)14-9-5-6-10-14/h5-13H,3-4H2,1-2H3. The summed E-state index contributed by atoms with van der Waals surface area (Å²) in [4.78, 5) is 36.5. The van der Waals surface area contributed by atoms with Crippen molar-refractivity contribution in [3.8, 4) is 5.69 Å². The first-order valence-electron chi connectivity index (χ1n) is 9.05. The average Bonchev–Trinajstić information content (AvgIpc) is 3.35. The summed E-state index contributed by atoms with van der Waals surface area (Å²) in [5, 5.41) is 11.5. The second-order valence-corrected chi connectivity index (χ2v) is 6.00. The number of hydrogen-bond acceptors (Lipinski definition) is 6. The first-order valence-corrected chi connectivity index (χ1v) is 9.05. The molecule has 2 aromatic rings. The Morgan fingerprint density at radius 1 is 1.03 bits per heavy atom. The zero-order chi connectivity index (χ0) is 21.0. The normalized spacial score (nSPS) is 14.0. The minimum atomic E-state index is -0.697. The van der Waals surface area contributed by atoms with Gasteiger partial charge >= 0.3 is 11.9 Å². The fourth-order valence-electron chi connectivity index (χ4n) is 3.11. The third-order valence-corrected chi connectivity index (χ3v) is 4.26. The van der Waals surface area contributed by atoms with Crippen molar-refractivity contribution in [2.75, 3.05) is 13.2 Å². The maximum atomic E-state index is 12.9. The molecule has 0 atom stereocenters. The van der Waals surface area contributed by atoms with Crippen LogP contribution in [0.1, 0.15) is 40.3 Å². The summed E-state index contributed by atoms with van der Waals surface area (Å²) in [6, 6.07) is 5.98. The molecule has 0 spiro atoms. The summed E-state index contributed by atoms with van der Waals surface area (Å²) >= 11 is 0. The number of hydrogen-bond donors (Lipinski definition) is 0. The van der Waals surface area contributed by atoms with Crippen molar-refractivity contribution in [2.45, 2.75) is 13.8 Å². The number of aromatic nitrogens is 1. The molecule has 1 aromatic heterocycles. The van der Waals surface area contributed by atoms with Gasteiger partial charge in [-0.05, 0) is 45.6 Å². The average molecular weight is 395 g/mol. The van der Waals surface area contributed by atoms with Crippen LogP contribution in [0.3, 0.4) is 0 Å². The molecule has 0 saturated heterocycles. The number of nitro benzene ring substituents is 1. The number of carbonyl (C=O) groups excluding carboxylic acids is 2. The van der Waals surface area contributed by atoms with E-state index in [2.05, 4.69) is 0 Å². The van der Waals surface area contributed by atoms with Crippen molar-refractivity contribution in [3.63, 3.8) is 0 Å². The van der Waals surface area contributed by atoms with E-state index >= 15 is 0 Å². The number of ether oxygens (including phenoxy) is 2. The smallest absolute Gasteiger partial charge is 0.355 e. The lowest BCUT2D eigenvalue weighted by atomic mass is 9.93. The second-order valence-electron chi connectivity index (χ2n) is 6.00. The van der Waals surface area contributed by atoms with Crippen LogP contribution in [-0.2, 0) is 9.47 Å². The minimum absolute atomic E-state index is 0.0235. The molecule has 1 fully saturated rings. The van der Waals surface area contributed by atoms with Crippen molar-refractivity contribution in [1.82, 2.24) is 4.57 Å². The van der Waals surface area contributed by atoms with Crippen LogP contribution in [0, 0.1) is 41.7 Å². The molecule has 8 heteroatoms. The molecule has 5 radical (unpaired) electrons. The molecule has 0 N–H and O–H groups in total. The van der Waals surface area contributed by atoms with Crippen LogP contribution in [-0.4, -0.2) is 34.6 Å². The van der Waals surface area contributed by atoms with Gasteiger partial charge in [-0.3, -0.25) is 10.1 Å². The highest BCUT2D eigenvalue weighted by atomic mass is 16.6. The van der Waals surface area contributed by atoms with E-state index in [1.165, 1.54) is 29.0 Å². The molecular formula is C21H19N2O6. The molecule has 8 nitrogen and oxygen atoms in total. The maximum Gasteiger partial charge on any atom is 0.355 e. The zero-order valence-corrected chi connectivity index (χ0v) is 16.0. The Morgan fingerprint density at radius 2 is 1.66 bits per heavy atom. The Bertz CT molecular complexity index is 927. The van der Waals surface area contributed by atoms with E-state index in [1.807, 2.05) is 0 Å². The molecule has 0 bridgehead atoms. The molecule has 29 heavy (non-hydrogen) atoms. The van der Waals surface area contributed by atoms with Gasteiger partial charge in [0.1, 0.15) is 11.4 Å². The number of carbonyl (C=O) groups is 2. The Kier molecular flexibility index (Phi) is 6.31. The van der Waals surface area contributed by atoms with Gasteiger partial charge in [-0.15, -0.1) is 0 Å². The molecule has 1 aromatic carbocycles. The number of rotatable bonds is 7. The van der Waals surface area contributed by atoms with E-state index in [0.717, 1.165) is 0 Å². The second kappa shape index (κ2) is 8.89. The van der Waals surface area contributed by atoms with Crippen LogP contribution in [0.5, 0.6) is 0 Å². The largest absolute Gasteiger partial charge is 0.462 e. The number of benzene rings is 1. The highest BCUT2D eigenvalue weighted by Crippen LogP contribution is 2.38.